The number of phenolic OH excluding ortho intramolecular Hbond substituents is 1. The van der Waals surface area contributed by atoms with Crippen LogP contribution in [0.15, 0.2) is 10.5 Å². The Labute approximate surface area is 105 Å². The highest BCUT2D eigenvalue weighted by atomic mass is 79.9. The minimum absolute atomic E-state index is 0.0300. The summed E-state index contributed by atoms with van der Waals surface area (Å²) >= 11 is 2.99. The molecular formula is C9H11BrN2O5. The van der Waals surface area contributed by atoms with Gasteiger partial charge >= 0.3 is 0 Å². The molecule has 0 unspecified atom stereocenters. The Kier molecular flexibility index (Phi) is 4.27. The van der Waals surface area contributed by atoms with Crippen molar-refractivity contribution in [3.63, 3.8) is 0 Å². The fraction of sp³-hybridized carbons (Fsp3) is 0.333. The van der Waals surface area contributed by atoms with Crippen LogP contribution in [-0.2, 0) is 0 Å². The number of hydrogen-bond acceptors (Lipinski definition) is 6. The maximum absolute atomic E-state index is 10.8. The summed E-state index contributed by atoms with van der Waals surface area (Å²) < 4.78 is 4.84. The molecule has 1 rings (SSSR count). The molecule has 0 heterocycles. The van der Waals surface area contributed by atoms with Crippen molar-refractivity contribution in [1.82, 2.24) is 0 Å². The third-order valence-corrected chi connectivity index (χ3v) is 3.04. The topological polar surface area (TPSA) is 119 Å². The van der Waals surface area contributed by atoms with E-state index < -0.39 is 17.6 Å². The average molecular weight is 307 g/mol. The predicted octanol–water partition coefficient (Wildman–Crippen LogP) is 1.06. The van der Waals surface area contributed by atoms with Crippen LogP contribution in [0.1, 0.15) is 11.6 Å². The molecule has 0 saturated heterocycles. The van der Waals surface area contributed by atoms with Gasteiger partial charge in [-0.1, -0.05) is 0 Å². The molecule has 0 spiro atoms. The zero-order chi connectivity index (χ0) is 13.2. The second-order valence-corrected chi connectivity index (χ2v) is 4.01. The Morgan fingerprint density at radius 3 is 2.71 bits per heavy atom. The van der Waals surface area contributed by atoms with Gasteiger partial charge in [-0.15, -0.1) is 0 Å². The molecule has 0 amide bonds. The number of aliphatic hydroxyl groups excluding tert-OH is 1. The van der Waals surface area contributed by atoms with Gasteiger partial charge in [-0.2, -0.15) is 0 Å². The number of halogens is 1. The van der Waals surface area contributed by atoms with E-state index in [1.165, 1.54) is 7.11 Å². The standard InChI is InChI=1S/C9H11BrN2O5/c1-17-6-2-5(12(15)16)8(10)7(9(6)14)4(11)3-13/h2,4,13-14H,3,11H2,1H3/t4-/m1/s1. The van der Waals surface area contributed by atoms with Gasteiger partial charge in [0.25, 0.3) is 5.69 Å². The van der Waals surface area contributed by atoms with Gasteiger partial charge in [-0.05, 0) is 15.9 Å². The molecule has 0 aliphatic heterocycles. The van der Waals surface area contributed by atoms with Crippen molar-refractivity contribution < 1.29 is 19.9 Å². The van der Waals surface area contributed by atoms with Gasteiger partial charge in [0.1, 0.15) is 4.47 Å². The highest BCUT2D eigenvalue weighted by molar-refractivity contribution is 9.10. The molecule has 94 valence electrons. The Balaban J connectivity index is 3.55. The van der Waals surface area contributed by atoms with Crippen molar-refractivity contribution in [1.29, 1.82) is 0 Å². The van der Waals surface area contributed by atoms with Crippen LogP contribution >= 0.6 is 15.9 Å². The van der Waals surface area contributed by atoms with E-state index in [0.717, 1.165) is 6.07 Å². The van der Waals surface area contributed by atoms with Crippen LogP contribution in [0.3, 0.4) is 0 Å². The zero-order valence-corrected chi connectivity index (χ0v) is 10.5. The lowest BCUT2D eigenvalue weighted by atomic mass is 10.1. The maximum atomic E-state index is 10.8. The predicted molar refractivity (Wildman–Crippen MR) is 63.0 cm³/mol. The molecule has 8 heteroatoms. The Morgan fingerprint density at radius 2 is 2.29 bits per heavy atom. The molecular weight excluding hydrogens is 296 g/mol. The second-order valence-electron chi connectivity index (χ2n) is 3.22. The largest absolute Gasteiger partial charge is 0.504 e. The van der Waals surface area contributed by atoms with Crippen LogP contribution in [0.25, 0.3) is 0 Å². The quantitative estimate of drug-likeness (QED) is 0.565. The summed E-state index contributed by atoms with van der Waals surface area (Å²) in [6.45, 7) is -0.462. The fourth-order valence-electron chi connectivity index (χ4n) is 1.35. The number of aromatic hydroxyl groups is 1. The van der Waals surface area contributed by atoms with E-state index in [-0.39, 0.29) is 27.2 Å². The minimum Gasteiger partial charge on any atom is -0.504 e. The van der Waals surface area contributed by atoms with Gasteiger partial charge in [-0.25, -0.2) is 0 Å². The molecule has 4 N–H and O–H groups in total. The van der Waals surface area contributed by atoms with Gasteiger partial charge in [0.15, 0.2) is 11.5 Å². The van der Waals surface area contributed by atoms with Crippen LogP contribution in [0.2, 0.25) is 0 Å². The van der Waals surface area contributed by atoms with E-state index in [4.69, 9.17) is 15.6 Å². The number of ether oxygens (including phenoxy) is 1. The Bertz CT molecular complexity index is 452. The maximum Gasteiger partial charge on any atom is 0.287 e. The second kappa shape index (κ2) is 5.30. The van der Waals surface area contributed by atoms with E-state index in [1.807, 2.05) is 0 Å². The van der Waals surface area contributed by atoms with Crippen molar-refractivity contribution in [2.75, 3.05) is 13.7 Å². The molecule has 0 bridgehead atoms. The number of nitro benzene ring substituents is 1. The first-order valence-corrected chi connectivity index (χ1v) is 5.33. The first-order valence-electron chi connectivity index (χ1n) is 4.54. The Hall–Kier alpha value is -1.38. The number of aliphatic hydroxyl groups is 1. The number of hydrogen-bond donors (Lipinski definition) is 3. The number of nitrogens with zero attached hydrogens (tertiary/aromatic N) is 1. The highest BCUT2D eigenvalue weighted by Gasteiger charge is 2.26. The smallest absolute Gasteiger partial charge is 0.287 e. The Morgan fingerprint density at radius 1 is 1.71 bits per heavy atom. The van der Waals surface area contributed by atoms with E-state index in [9.17, 15) is 15.2 Å². The lowest BCUT2D eigenvalue weighted by Gasteiger charge is -2.15. The zero-order valence-electron chi connectivity index (χ0n) is 8.88. The van der Waals surface area contributed by atoms with E-state index >= 15 is 0 Å². The van der Waals surface area contributed by atoms with Crippen molar-refractivity contribution in [3.8, 4) is 11.5 Å². The summed E-state index contributed by atoms with van der Waals surface area (Å²) in [6.07, 6.45) is 0. The average Bonchev–Trinajstić information content (AvgIpc) is 2.28. The number of nitrogens with two attached hydrogens (primary N) is 1. The summed E-state index contributed by atoms with van der Waals surface area (Å²) in [6, 6.07) is 0.130. The third kappa shape index (κ3) is 2.48. The molecule has 1 aromatic rings. The van der Waals surface area contributed by atoms with E-state index in [1.54, 1.807) is 0 Å². The molecule has 0 aromatic heterocycles. The summed E-state index contributed by atoms with van der Waals surface area (Å²) in [5.74, 6) is -0.398. The molecule has 1 atom stereocenters. The van der Waals surface area contributed by atoms with E-state index in [2.05, 4.69) is 15.9 Å². The molecule has 1 aromatic carbocycles. The molecule has 7 nitrogen and oxygen atoms in total. The lowest BCUT2D eigenvalue weighted by Crippen LogP contribution is -2.16. The normalized spacial score (nSPS) is 12.2. The summed E-state index contributed by atoms with van der Waals surface area (Å²) in [4.78, 5) is 10.2. The van der Waals surface area contributed by atoms with Crippen LogP contribution < -0.4 is 10.5 Å². The van der Waals surface area contributed by atoms with Crippen LogP contribution in [0.5, 0.6) is 11.5 Å². The third-order valence-electron chi connectivity index (χ3n) is 2.20. The summed E-state index contributed by atoms with van der Waals surface area (Å²) in [5.41, 5.74) is 5.32. The van der Waals surface area contributed by atoms with Crippen molar-refractivity contribution in [3.05, 3.63) is 26.2 Å². The molecule has 0 fully saturated rings. The number of rotatable bonds is 4. The van der Waals surface area contributed by atoms with Gasteiger partial charge in [-0.3, -0.25) is 10.1 Å². The number of benzene rings is 1. The van der Waals surface area contributed by atoms with Crippen LogP contribution in [-0.4, -0.2) is 28.9 Å². The van der Waals surface area contributed by atoms with Gasteiger partial charge in [0.05, 0.1) is 30.7 Å². The molecule has 0 saturated carbocycles. The monoisotopic (exact) mass is 306 g/mol. The first kappa shape index (κ1) is 13.7. The van der Waals surface area contributed by atoms with Crippen molar-refractivity contribution in [2.24, 2.45) is 5.73 Å². The van der Waals surface area contributed by atoms with E-state index in [0.29, 0.717) is 0 Å². The number of phenols is 1. The van der Waals surface area contributed by atoms with Gasteiger partial charge in [0.2, 0.25) is 0 Å². The van der Waals surface area contributed by atoms with Crippen molar-refractivity contribution in [2.45, 2.75) is 6.04 Å². The lowest BCUT2D eigenvalue weighted by molar-refractivity contribution is -0.385. The van der Waals surface area contributed by atoms with Crippen LogP contribution in [0, 0.1) is 10.1 Å². The molecule has 0 aliphatic carbocycles. The van der Waals surface area contributed by atoms with Crippen molar-refractivity contribution >= 4 is 21.6 Å². The minimum atomic E-state index is -0.946. The first-order chi connectivity index (χ1) is 7.93. The highest BCUT2D eigenvalue weighted by Crippen LogP contribution is 2.43. The summed E-state index contributed by atoms with van der Waals surface area (Å²) in [5, 5.41) is 29.6. The summed E-state index contributed by atoms with van der Waals surface area (Å²) in [7, 11) is 1.26. The van der Waals surface area contributed by atoms with Crippen LogP contribution in [0.4, 0.5) is 5.69 Å². The molecule has 17 heavy (non-hydrogen) atoms. The molecule has 0 radical (unpaired) electrons. The molecule has 0 aliphatic rings. The number of methoxy groups -OCH3 is 1. The number of nitro groups is 1. The SMILES string of the molecule is COc1cc([N+](=O)[O-])c(Br)c([C@H](N)CO)c1O. The fourth-order valence-corrected chi connectivity index (χ4v) is 2.09. The van der Waals surface area contributed by atoms with Gasteiger partial charge < -0.3 is 20.7 Å². The van der Waals surface area contributed by atoms with Gasteiger partial charge in [0, 0.05) is 5.56 Å².